The normalized spacial score (nSPS) is 11.6. The van der Waals surface area contributed by atoms with Crippen molar-refractivity contribution in [1.82, 2.24) is 25.0 Å². The molecule has 2 heterocycles. The summed E-state index contributed by atoms with van der Waals surface area (Å²) in [5, 5.41) is 13.2. The Hall–Kier alpha value is -3.70. The number of sulfonamides is 1. The van der Waals surface area contributed by atoms with Crippen molar-refractivity contribution in [1.29, 1.82) is 0 Å². The fourth-order valence-electron chi connectivity index (χ4n) is 3.24. The van der Waals surface area contributed by atoms with Crippen LogP contribution in [0.4, 0.5) is 10.2 Å². The van der Waals surface area contributed by atoms with Crippen LogP contribution in [0.3, 0.4) is 0 Å². The number of hydrogen-bond acceptors (Lipinski definition) is 7. The van der Waals surface area contributed by atoms with E-state index >= 15 is 0 Å². The number of halogens is 1. The highest BCUT2D eigenvalue weighted by molar-refractivity contribution is 7.89. The molecule has 164 valence electrons. The van der Waals surface area contributed by atoms with Gasteiger partial charge < -0.3 is 5.73 Å². The lowest BCUT2D eigenvalue weighted by atomic mass is 10.0. The number of anilines is 1. The predicted molar refractivity (Wildman–Crippen MR) is 117 cm³/mol. The first kappa shape index (κ1) is 21.5. The summed E-state index contributed by atoms with van der Waals surface area (Å²) in [6.07, 6.45) is 1.50. The molecule has 0 amide bonds. The molecule has 2 aromatic carbocycles. The summed E-state index contributed by atoms with van der Waals surface area (Å²) in [5.41, 5.74) is 9.30. The Kier molecular flexibility index (Phi) is 5.45. The maximum absolute atomic E-state index is 14.8. The number of hydrogen-bond donors (Lipinski definition) is 2. The van der Waals surface area contributed by atoms with Gasteiger partial charge in [-0.15, -0.1) is 5.10 Å². The average Bonchev–Trinajstić information content (AvgIpc) is 3.20. The summed E-state index contributed by atoms with van der Waals surface area (Å²) in [5.74, 6) is -0.792. The number of aryl methyl sites for hydroxylation is 1. The number of primary sulfonamides is 1. The molecule has 0 unspecified atom stereocenters. The van der Waals surface area contributed by atoms with Crippen LogP contribution in [0.2, 0.25) is 0 Å². The van der Waals surface area contributed by atoms with Crippen molar-refractivity contribution < 1.29 is 12.8 Å². The van der Waals surface area contributed by atoms with Crippen LogP contribution in [0.1, 0.15) is 16.7 Å². The number of benzene rings is 2. The van der Waals surface area contributed by atoms with Crippen molar-refractivity contribution in [2.24, 2.45) is 5.14 Å². The van der Waals surface area contributed by atoms with Crippen LogP contribution >= 0.6 is 0 Å². The second kappa shape index (κ2) is 8.09. The summed E-state index contributed by atoms with van der Waals surface area (Å²) in [6.45, 7) is 4.09. The first-order chi connectivity index (χ1) is 15.1. The molecule has 2 aromatic heterocycles. The zero-order valence-corrected chi connectivity index (χ0v) is 18.1. The van der Waals surface area contributed by atoms with Gasteiger partial charge in [0.25, 0.3) is 0 Å². The summed E-state index contributed by atoms with van der Waals surface area (Å²) >= 11 is 0. The Morgan fingerprint density at radius 3 is 2.59 bits per heavy atom. The molecule has 0 aliphatic heterocycles. The van der Waals surface area contributed by atoms with Crippen LogP contribution in [0, 0.1) is 19.7 Å². The zero-order valence-electron chi connectivity index (χ0n) is 17.3. The van der Waals surface area contributed by atoms with Crippen molar-refractivity contribution >= 4 is 15.8 Å². The quantitative estimate of drug-likeness (QED) is 0.472. The van der Waals surface area contributed by atoms with Crippen LogP contribution in [0.25, 0.3) is 22.8 Å². The molecule has 0 spiro atoms. The molecule has 0 fully saturated rings. The zero-order chi connectivity index (χ0) is 23.0. The Labute approximate surface area is 184 Å². The minimum Gasteiger partial charge on any atom is -0.381 e. The van der Waals surface area contributed by atoms with Gasteiger partial charge in [-0.1, -0.05) is 35.5 Å². The van der Waals surface area contributed by atoms with Crippen molar-refractivity contribution in [3.63, 3.8) is 0 Å². The standard InChI is InChI=1S/C21H20FN7O2S/c1-12-5-3-8-16(13(12)2)21-25-19(18(22)20(23)26-21)17-11-29(28-27-17)10-14-6-4-7-15(9-14)32(24,30)31/h3-9,11H,10H2,1-2H3,(H2,23,25,26)(H2,24,30,31). The summed E-state index contributed by atoms with van der Waals surface area (Å²) in [7, 11) is -3.83. The topological polar surface area (TPSA) is 143 Å². The molecular weight excluding hydrogens is 433 g/mol. The van der Waals surface area contributed by atoms with Crippen LogP contribution in [0.5, 0.6) is 0 Å². The van der Waals surface area contributed by atoms with Crippen molar-refractivity contribution in [3.8, 4) is 22.8 Å². The Morgan fingerprint density at radius 2 is 1.84 bits per heavy atom. The van der Waals surface area contributed by atoms with Gasteiger partial charge in [0.1, 0.15) is 11.4 Å². The largest absolute Gasteiger partial charge is 0.381 e. The molecule has 4 rings (SSSR count). The van der Waals surface area contributed by atoms with Crippen molar-refractivity contribution in [2.75, 3.05) is 5.73 Å². The van der Waals surface area contributed by atoms with E-state index in [1.165, 1.54) is 23.0 Å². The van der Waals surface area contributed by atoms with E-state index in [1.807, 2.05) is 32.0 Å². The maximum atomic E-state index is 14.8. The van der Waals surface area contributed by atoms with E-state index in [0.717, 1.165) is 16.7 Å². The molecule has 0 aliphatic carbocycles. The van der Waals surface area contributed by atoms with Gasteiger partial charge in [-0.25, -0.2) is 32.6 Å². The molecule has 32 heavy (non-hydrogen) atoms. The minimum atomic E-state index is -3.83. The van der Waals surface area contributed by atoms with E-state index in [0.29, 0.717) is 5.56 Å². The van der Waals surface area contributed by atoms with Crippen molar-refractivity contribution in [3.05, 3.63) is 71.2 Å². The lowest BCUT2D eigenvalue weighted by Gasteiger charge is -2.10. The maximum Gasteiger partial charge on any atom is 0.238 e. The fraction of sp³-hybridized carbons (Fsp3) is 0.143. The van der Waals surface area contributed by atoms with Crippen LogP contribution < -0.4 is 10.9 Å². The predicted octanol–water partition coefficient (Wildman–Crippen LogP) is 2.44. The van der Waals surface area contributed by atoms with E-state index in [4.69, 9.17) is 10.9 Å². The fourth-order valence-corrected chi connectivity index (χ4v) is 3.82. The molecule has 0 radical (unpaired) electrons. The minimum absolute atomic E-state index is 0.0110. The molecule has 0 atom stereocenters. The van der Waals surface area contributed by atoms with E-state index in [9.17, 15) is 12.8 Å². The van der Waals surface area contributed by atoms with Crippen LogP contribution in [0.15, 0.2) is 53.6 Å². The molecule has 4 N–H and O–H groups in total. The van der Waals surface area contributed by atoms with Gasteiger partial charge in [-0.05, 0) is 42.7 Å². The Morgan fingerprint density at radius 1 is 1.09 bits per heavy atom. The number of aromatic nitrogens is 5. The van der Waals surface area contributed by atoms with Gasteiger partial charge in [0.05, 0.1) is 17.6 Å². The number of nitrogens with zero attached hydrogens (tertiary/aromatic N) is 5. The third-order valence-corrected chi connectivity index (χ3v) is 5.99. The molecule has 11 heteroatoms. The molecule has 9 nitrogen and oxygen atoms in total. The smallest absolute Gasteiger partial charge is 0.238 e. The van der Waals surface area contributed by atoms with Crippen molar-refractivity contribution in [2.45, 2.75) is 25.3 Å². The highest BCUT2D eigenvalue weighted by Gasteiger charge is 2.19. The van der Waals surface area contributed by atoms with Crippen LogP contribution in [-0.2, 0) is 16.6 Å². The molecule has 0 aliphatic rings. The van der Waals surface area contributed by atoms with Gasteiger partial charge in [-0.3, -0.25) is 0 Å². The first-order valence-electron chi connectivity index (χ1n) is 9.55. The van der Waals surface area contributed by atoms with Gasteiger partial charge in [-0.2, -0.15) is 0 Å². The lowest BCUT2D eigenvalue weighted by Crippen LogP contribution is -2.12. The summed E-state index contributed by atoms with van der Waals surface area (Å²) < 4.78 is 39.3. The molecule has 0 saturated heterocycles. The Balaban J connectivity index is 1.70. The van der Waals surface area contributed by atoms with E-state index in [2.05, 4.69) is 20.3 Å². The number of nitrogen functional groups attached to an aromatic ring is 1. The van der Waals surface area contributed by atoms with E-state index in [1.54, 1.807) is 12.1 Å². The van der Waals surface area contributed by atoms with Gasteiger partial charge in [0.15, 0.2) is 17.5 Å². The molecule has 0 bridgehead atoms. The number of nitrogens with two attached hydrogens (primary N) is 2. The van der Waals surface area contributed by atoms with Gasteiger partial charge in [0.2, 0.25) is 10.0 Å². The monoisotopic (exact) mass is 453 g/mol. The van der Waals surface area contributed by atoms with E-state index in [-0.39, 0.29) is 34.5 Å². The third kappa shape index (κ3) is 4.20. The number of rotatable bonds is 5. The molecule has 0 saturated carbocycles. The SMILES string of the molecule is Cc1cccc(-c2nc(N)c(F)c(-c3cn(Cc4cccc(S(N)(=O)=O)c4)nn3)n2)c1C. The highest BCUT2D eigenvalue weighted by Crippen LogP contribution is 2.28. The highest BCUT2D eigenvalue weighted by atomic mass is 32.2. The van der Waals surface area contributed by atoms with E-state index < -0.39 is 15.8 Å². The first-order valence-corrected chi connectivity index (χ1v) is 11.1. The van der Waals surface area contributed by atoms with Gasteiger partial charge >= 0.3 is 0 Å². The third-order valence-electron chi connectivity index (χ3n) is 5.08. The van der Waals surface area contributed by atoms with Gasteiger partial charge in [0, 0.05) is 5.56 Å². The summed E-state index contributed by atoms with van der Waals surface area (Å²) in [6, 6.07) is 11.8. The molecular formula is C21H20FN7O2S. The average molecular weight is 454 g/mol. The molecule has 4 aromatic rings. The lowest BCUT2D eigenvalue weighted by molar-refractivity contribution is 0.597. The second-order valence-corrected chi connectivity index (χ2v) is 8.90. The Bertz CT molecular complexity index is 1430. The van der Waals surface area contributed by atoms with Crippen LogP contribution in [-0.4, -0.2) is 33.4 Å². The summed E-state index contributed by atoms with van der Waals surface area (Å²) in [4.78, 5) is 8.46. The second-order valence-electron chi connectivity index (χ2n) is 7.34.